The minimum atomic E-state index is -0.937. The highest BCUT2D eigenvalue weighted by Crippen LogP contribution is 2.48. The third-order valence-electron chi connectivity index (χ3n) is 5.18. The monoisotopic (exact) mass is 279 g/mol. The number of amides is 1. The Morgan fingerprint density at radius 3 is 2.35 bits per heavy atom. The van der Waals surface area contributed by atoms with Crippen LogP contribution in [0.5, 0.6) is 0 Å². The molecule has 2 aliphatic heterocycles. The molecular formula is C15H21NO4. The summed E-state index contributed by atoms with van der Waals surface area (Å²) in [5, 5.41) is 11.8. The van der Waals surface area contributed by atoms with Gasteiger partial charge in [0, 0.05) is 6.54 Å². The van der Waals surface area contributed by atoms with Crippen LogP contribution in [0.3, 0.4) is 0 Å². The van der Waals surface area contributed by atoms with Crippen LogP contribution in [0.4, 0.5) is 0 Å². The number of hydrogen-bond acceptors (Lipinski definition) is 3. The van der Waals surface area contributed by atoms with E-state index in [-0.39, 0.29) is 11.5 Å². The van der Waals surface area contributed by atoms with Gasteiger partial charge in [0.15, 0.2) is 0 Å². The molecular weight excluding hydrogens is 258 g/mol. The lowest BCUT2D eigenvalue weighted by Crippen LogP contribution is -2.56. The third kappa shape index (κ3) is 2.24. The number of fused-ring (bicyclic) bond motifs is 3. The van der Waals surface area contributed by atoms with Gasteiger partial charge in [-0.1, -0.05) is 19.1 Å². The number of ether oxygens (including phenoxy) is 1. The number of hydrogen-bond donors (Lipinski definition) is 2. The van der Waals surface area contributed by atoms with Crippen LogP contribution in [0, 0.1) is 17.3 Å². The lowest BCUT2D eigenvalue weighted by molar-refractivity contribution is -0.176. The van der Waals surface area contributed by atoms with Crippen LogP contribution in [0.25, 0.3) is 0 Å². The Labute approximate surface area is 118 Å². The van der Waals surface area contributed by atoms with E-state index < -0.39 is 17.8 Å². The summed E-state index contributed by atoms with van der Waals surface area (Å²) in [6.45, 7) is 3.52. The van der Waals surface area contributed by atoms with Crippen LogP contribution in [0.15, 0.2) is 12.2 Å². The molecule has 2 heterocycles. The maximum atomic E-state index is 12.0. The first-order valence-corrected chi connectivity index (χ1v) is 7.26. The Bertz CT molecular complexity index is 446. The highest BCUT2D eigenvalue weighted by atomic mass is 16.5. The topological polar surface area (TPSA) is 75.6 Å². The lowest BCUT2D eigenvalue weighted by atomic mass is 9.67. The van der Waals surface area contributed by atoms with E-state index in [1.54, 1.807) is 12.2 Å². The molecule has 2 bridgehead atoms. The molecule has 1 amide bonds. The van der Waals surface area contributed by atoms with E-state index in [1.807, 2.05) is 0 Å². The molecule has 110 valence electrons. The van der Waals surface area contributed by atoms with Crippen LogP contribution in [0.2, 0.25) is 0 Å². The van der Waals surface area contributed by atoms with Crippen molar-refractivity contribution in [2.24, 2.45) is 17.3 Å². The van der Waals surface area contributed by atoms with Gasteiger partial charge in [-0.05, 0) is 31.1 Å². The summed E-state index contributed by atoms with van der Waals surface area (Å²) < 4.78 is 5.97. The molecule has 3 fully saturated rings. The normalized spacial score (nSPS) is 42.0. The Balaban J connectivity index is 1.54. The quantitative estimate of drug-likeness (QED) is 0.761. The molecule has 2 N–H and O–H groups in total. The van der Waals surface area contributed by atoms with Gasteiger partial charge in [-0.15, -0.1) is 0 Å². The van der Waals surface area contributed by atoms with Gasteiger partial charge in [0.1, 0.15) is 0 Å². The first-order chi connectivity index (χ1) is 9.43. The van der Waals surface area contributed by atoms with Crippen molar-refractivity contribution < 1.29 is 19.4 Å². The van der Waals surface area contributed by atoms with Crippen molar-refractivity contribution in [1.82, 2.24) is 5.32 Å². The largest absolute Gasteiger partial charge is 0.481 e. The fourth-order valence-electron chi connectivity index (χ4n) is 3.34. The van der Waals surface area contributed by atoms with Crippen molar-refractivity contribution in [3.8, 4) is 0 Å². The summed E-state index contributed by atoms with van der Waals surface area (Å²) in [5.74, 6) is -2.33. The molecule has 4 rings (SSSR count). The van der Waals surface area contributed by atoms with Crippen molar-refractivity contribution in [3.63, 3.8) is 0 Å². The average molecular weight is 279 g/mol. The molecule has 2 saturated heterocycles. The zero-order valence-electron chi connectivity index (χ0n) is 11.7. The van der Waals surface area contributed by atoms with Crippen molar-refractivity contribution in [2.45, 2.75) is 38.2 Å². The number of carboxylic acids is 1. The van der Waals surface area contributed by atoms with Gasteiger partial charge in [0.2, 0.25) is 5.91 Å². The SMILES string of the molecule is CC12CCC(CNC(=O)[C@@H]3C=C[C@@H]3C(=O)O)(CC1)OC2. The Morgan fingerprint density at radius 1 is 1.25 bits per heavy atom. The highest BCUT2D eigenvalue weighted by molar-refractivity contribution is 5.89. The molecule has 0 unspecified atom stereocenters. The molecule has 2 atom stereocenters. The van der Waals surface area contributed by atoms with E-state index in [0.29, 0.717) is 12.0 Å². The molecule has 0 aromatic heterocycles. The lowest BCUT2D eigenvalue weighted by Gasteiger charge is -2.52. The van der Waals surface area contributed by atoms with Crippen molar-refractivity contribution >= 4 is 11.9 Å². The van der Waals surface area contributed by atoms with Crippen LogP contribution in [-0.2, 0) is 14.3 Å². The molecule has 2 aliphatic carbocycles. The molecule has 5 heteroatoms. The number of nitrogens with one attached hydrogen (secondary N) is 1. The number of carboxylic acid groups (broad SMARTS) is 1. The van der Waals surface area contributed by atoms with E-state index >= 15 is 0 Å². The Hall–Kier alpha value is -1.36. The van der Waals surface area contributed by atoms with Gasteiger partial charge in [-0.2, -0.15) is 0 Å². The minimum absolute atomic E-state index is 0.197. The first-order valence-electron chi connectivity index (χ1n) is 7.26. The van der Waals surface area contributed by atoms with E-state index in [9.17, 15) is 9.59 Å². The fraction of sp³-hybridized carbons (Fsp3) is 0.733. The fourth-order valence-corrected chi connectivity index (χ4v) is 3.34. The van der Waals surface area contributed by atoms with E-state index in [4.69, 9.17) is 9.84 Å². The van der Waals surface area contributed by atoms with Crippen molar-refractivity contribution in [1.29, 1.82) is 0 Å². The summed E-state index contributed by atoms with van der Waals surface area (Å²) >= 11 is 0. The molecule has 20 heavy (non-hydrogen) atoms. The van der Waals surface area contributed by atoms with E-state index in [2.05, 4.69) is 12.2 Å². The predicted octanol–water partition coefficient (Wildman–Crippen LogP) is 1.34. The molecule has 0 aromatic rings. The van der Waals surface area contributed by atoms with Gasteiger partial charge < -0.3 is 15.2 Å². The van der Waals surface area contributed by atoms with Gasteiger partial charge >= 0.3 is 5.97 Å². The smallest absolute Gasteiger partial charge is 0.311 e. The number of carbonyl (C=O) groups is 2. The second kappa shape index (κ2) is 4.58. The first kappa shape index (κ1) is 13.6. The maximum Gasteiger partial charge on any atom is 0.311 e. The third-order valence-corrected chi connectivity index (χ3v) is 5.18. The number of rotatable bonds is 4. The standard InChI is InChI=1S/C15H21NO4/c1-14-4-6-15(7-5-14,20-9-14)8-16-12(17)10-2-3-11(10)13(18)19/h2-3,10-11H,4-9H2,1H3,(H,16,17)(H,18,19)/t10-,11+,14?,15?/m1/s1. The molecule has 4 aliphatic rings. The van der Waals surface area contributed by atoms with E-state index in [1.165, 1.54) is 0 Å². The van der Waals surface area contributed by atoms with Gasteiger partial charge in [0.25, 0.3) is 0 Å². The Kier molecular flexibility index (Phi) is 3.12. The van der Waals surface area contributed by atoms with Crippen LogP contribution >= 0.6 is 0 Å². The Morgan fingerprint density at radius 2 is 1.90 bits per heavy atom. The molecule has 0 radical (unpaired) electrons. The minimum Gasteiger partial charge on any atom is -0.481 e. The number of carbonyl (C=O) groups excluding carboxylic acids is 1. The second-order valence-electron chi connectivity index (χ2n) is 6.77. The average Bonchev–Trinajstić information content (AvgIpc) is 2.36. The summed E-state index contributed by atoms with van der Waals surface area (Å²) in [5.41, 5.74) is 0.0937. The predicted molar refractivity (Wildman–Crippen MR) is 72.0 cm³/mol. The van der Waals surface area contributed by atoms with Gasteiger partial charge in [-0.3, -0.25) is 9.59 Å². The van der Waals surface area contributed by atoms with E-state index in [0.717, 1.165) is 32.3 Å². The van der Waals surface area contributed by atoms with Gasteiger partial charge in [-0.25, -0.2) is 0 Å². The molecule has 5 nitrogen and oxygen atoms in total. The molecule has 1 saturated carbocycles. The zero-order valence-corrected chi connectivity index (χ0v) is 11.7. The zero-order chi connectivity index (χ0) is 14.4. The molecule has 0 spiro atoms. The summed E-state index contributed by atoms with van der Waals surface area (Å²) in [6.07, 6.45) is 7.46. The summed E-state index contributed by atoms with van der Waals surface area (Å²) in [7, 11) is 0. The maximum absolute atomic E-state index is 12.0. The number of aliphatic carboxylic acids is 1. The highest BCUT2D eigenvalue weighted by Gasteiger charge is 2.47. The van der Waals surface area contributed by atoms with Crippen LogP contribution < -0.4 is 5.32 Å². The summed E-state index contributed by atoms with van der Waals surface area (Å²) in [4.78, 5) is 22.9. The summed E-state index contributed by atoms with van der Waals surface area (Å²) in [6, 6.07) is 0. The van der Waals surface area contributed by atoms with Crippen molar-refractivity contribution in [3.05, 3.63) is 12.2 Å². The van der Waals surface area contributed by atoms with Crippen LogP contribution in [-0.4, -0.2) is 35.7 Å². The molecule has 0 aromatic carbocycles. The van der Waals surface area contributed by atoms with Gasteiger partial charge in [0.05, 0.1) is 24.0 Å². The second-order valence-corrected chi connectivity index (χ2v) is 6.77. The van der Waals surface area contributed by atoms with Crippen LogP contribution in [0.1, 0.15) is 32.6 Å². The van der Waals surface area contributed by atoms with Crippen molar-refractivity contribution in [2.75, 3.05) is 13.2 Å².